The van der Waals surface area contributed by atoms with E-state index in [2.05, 4.69) is 10.1 Å². The number of hydrogen-bond acceptors (Lipinski definition) is 6. The molecule has 0 aliphatic carbocycles. The number of amides is 1. The Balaban J connectivity index is 1.64. The lowest BCUT2D eigenvalue weighted by Crippen LogP contribution is -2.39. The summed E-state index contributed by atoms with van der Waals surface area (Å²) in [6.45, 7) is 0.341. The Kier molecular flexibility index (Phi) is 3.94. The number of nitrogens with zero attached hydrogens (tertiary/aromatic N) is 6. The van der Waals surface area contributed by atoms with Crippen LogP contribution in [0.4, 0.5) is 11.4 Å². The number of aromatic nitrogens is 4. The van der Waals surface area contributed by atoms with Gasteiger partial charge in [-0.3, -0.25) is 29.0 Å². The lowest BCUT2D eigenvalue weighted by molar-refractivity contribution is -0.384. The number of nitro groups is 1. The molecule has 2 aromatic heterocycles. The molecule has 10 heteroatoms. The molecule has 0 N–H and O–H groups in total. The van der Waals surface area contributed by atoms with E-state index in [9.17, 15) is 19.7 Å². The van der Waals surface area contributed by atoms with Crippen LogP contribution in [0.5, 0.6) is 0 Å². The number of carbonyl (C=O) groups is 1. The predicted octanol–water partition coefficient (Wildman–Crippen LogP) is 1.02. The van der Waals surface area contributed by atoms with E-state index in [4.69, 9.17) is 0 Å². The smallest absolute Gasteiger partial charge is 0.269 e. The molecule has 0 radical (unpaired) electrons. The highest BCUT2D eigenvalue weighted by Crippen LogP contribution is 2.30. The molecule has 0 saturated carbocycles. The highest BCUT2D eigenvalue weighted by atomic mass is 16.6. The molecule has 0 unspecified atom stereocenters. The van der Waals surface area contributed by atoms with Gasteiger partial charge in [0, 0.05) is 31.4 Å². The number of fused-ring (bicyclic) bond motifs is 2. The molecule has 1 amide bonds. The maximum absolute atomic E-state index is 12.8. The number of carbonyl (C=O) groups excluding carboxylic acids is 1. The van der Waals surface area contributed by atoms with E-state index in [1.54, 1.807) is 18.0 Å². The van der Waals surface area contributed by atoms with Gasteiger partial charge in [-0.25, -0.2) is 4.98 Å². The number of benzene rings is 1. The van der Waals surface area contributed by atoms with Crippen LogP contribution in [0.2, 0.25) is 0 Å². The van der Waals surface area contributed by atoms with Crippen LogP contribution in [-0.2, 0) is 24.8 Å². The molecule has 1 aliphatic heterocycles. The average Bonchev–Trinajstić information content (AvgIpc) is 3.04. The van der Waals surface area contributed by atoms with Gasteiger partial charge in [0.2, 0.25) is 5.91 Å². The van der Waals surface area contributed by atoms with Crippen molar-refractivity contribution < 1.29 is 9.72 Å². The Bertz CT molecular complexity index is 1130. The minimum Gasteiger partial charge on any atom is -0.311 e. The fraction of sp³-hybridized carbons (Fsp3) is 0.294. The van der Waals surface area contributed by atoms with Crippen molar-refractivity contribution in [1.29, 1.82) is 0 Å². The molecule has 0 atom stereocenters. The van der Waals surface area contributed by atoms with Gasteiger partial charge in [-0.1, -0.05) is 0 Å². The topological polar surface area (TPSA) is 116 Å². The SMILES string of the molecule is Cn1ncc2c(=O)n(CC(=O)N3CCCc4cc([N+](=O)[O-])ccc43)cnc21. The summed E-state index contributed by atoms with van der Waals surface area (Å²) in [5.74, 6) is -0.267. The third kappa shape index (κ3) is 2.84. The van der Waals surface area contributed by atoms with E-state index in [-0.39, 0.29) is 23.7 Å². The molecular weight excluding hydrogens is 352 g/mol. The highest BCUT2D eigenvalue weighted by molar-refractivity contribution is 5.94. The van der Waals surface area contributed by atoms with Crippen LogP contribution in [0.25, 0.3) is 11.0 Å². The van der Waals surface area contributed by atoms with Gasteiger partial charge in [-0.05, 0) is 24.5 Å². The van der Waals surface area contributed by atoms with Crippen molar-refractivity contribution in [2.24, 2.45) is 7.05 Å². The van der Waals surface area contributed by atoms with Gasteiger partial charge in [0.05, 0.1) is 11.1 Å². The van der Waals surface area contributed by atoms with E-state index in [0.717, 1.165) is 5.56 Å². The first-order chi connectivity index (χ1) is 13.0. The van der Waals surface area contributed by atoms with Gasteiger partial charge in [0.15, 0.2) is 5.65 Å². The average molecular weight is 368 g/mol. The van der Waals surface area contributed by atoms with Crippen LogP contribution in [-0.4, -0.2) is 36.7 Å². The Morgan fingerprint density at radius 3 is 2.96 bits per heavy atom. The van der Waals surface area contributed by atoms with E-state index in [1.165, 1.54) is 33.9 Å². The van der Waals surface area contributed by atoms with Crippen molar-refractivity contribution in [1.82, 2.24) is 19.3 Å². The Morgan fingerprint density at radius 2 is 2.19 bits per heavy atom. The van der Waals surface area contributed by atoms with Crippen LogP contribution in [0.15, 0.2) is 35.5 Å². The number of non-ortho nitro benzene ring substituents is 1. The van der Waals surface area contributed by atoms with E-state index in [0.29, 0.717) is 36.1 Å². The molecule has 138 valence electrons. The minimum atomic E-state index is -0.449. The Labute approximate surface area is 152 Å². The molecule has 1 aromatic carbocycles. The molecule has 0 spiro atoms. The predicted molar refractivity (Wildman–Crippen MR) is 96.5 cm³/mol. The van der Waals surface area contributed by atoms with Crippen molar-refractivity contribution in [3.8, 4) is 0 Å². The summed E-state index contributed by atoms with van der Waals surface area (Å²) in [7, 11) is 1.69. The molecule has 10 nitrogen and oxygen atoms in total. The zero-order valence-electron chi connectivity index (χ0n) is 14.5. The van der Waals surface area contributed by atoms with E-state index >= 15 is 0 Å². The van der Waals surface area contributed by atoms with Gasteiger partial charge < -0.3 is 4.90 Å². The third-order valence-corrected chi connectivity index (χ3v) is 4.72. The van der Waals surface area contributed by atoms with Crippen molar-refractivity contribution in [3.05, 3.63) is 56.8 Å². The van der Waals surface area contributed by atoms with Gasteiger partial charge in [-0.15, -0.1) is 0 Å². The number of aryl methyl sites for hydroxylation is 2. The van der Waals surface area contributed by atoms with Crippen molar-refractivity contribution in [2.75, 3.05) is 11.4 Å². The first-order valence-corrected chi connectivity index (χ1v) is 8.40. The quantitative estimate of drug-likeness (QED) is 0.503. The fourth-order valence-electron chi connectivity index (χ4n) is 3.37. The van der Waals surface area contributed by atoms with Crippen molar-refractivity contribution in [3.63, 3.8) is 0 Å². The summed E-state index contributed by atoms with van der Waals surface area (Å²) in [6.07, 6.45) is 4.14. The first-order valence-electron chi connectivity index (χ1n) is 8.40. The maximum atomic E-state index is 12.8. The van der Waals surface area contributed by atoms with Crippen LogP contribution in [0.1, 0.15) is 12.0 Å². The minimum absolute atomic E-state index is 0.00509. The normalized spacial score (nSPS) is 13.6. The molecule has 0 bridgehead atoms. The molecule has 0 fully saturated rings. The Morgan fingerprint density at radius 1 is 1.37 bits per heavy atom. The molecule has 1 aliphatic rings. The molecule has 27 heavy (non-hydrogen) atoms. The molecule has 0 saturated heterocycles. The molecular formula is C17H16N6O4. The van der Waals surface area contributed by atoms with Gasteiger partial charge in [-0.2, -0.15) is 5.10 Å². The van der Waals surface area contributed by atoms with Crippen LogP contribution < -0.4 is 10.5 Å². The standard InChI is InChI=1S/C17H16N6O4/c1-20-16-13(8-19-20)17(25)21(10-18-16)9-15(24)22-6-2-3-11-7-12(23(26)27)4-5-14(11)22/h4-5,7-8,10H,2-3,6,9H2,1H3. The second-order valence-corrected chi connectivity index (χ2v) is 6.40. The number of anilines is 1. The zero-order chi connectivity index (χ0) is 19.1. The highest BCUT2D eigenvalue weighted by Gasteiger charge is 2.25. The number of hydrogen-bond donors (Lipinski definition) is 0. The van der Waals surface area contributed by atoms with Crippen LogP contribution >= 0.6 is 0 Å². The van der Waals surface area contributed by atoms with Crippen LogP contribution in [0, 0.1) is 10.1 Å². The number of rotatable bonds is 3. The van der Waals surface area contributed by atoms with Gasteiger partial charge >= 0.3 is 0 Å². The lowest BCUT2D eigenvalue weighted by Gasteiger charge is -2.29. The summed E-state index contributed by atoms with van der Waals surface area (Å²) in [5.41, 5.74) is 1.55. The number of nitro benzene ring substituents is 1. The fourth-order valence-corrected chi connectivity index (χ4v) is 3.37. The first kappa shape index (κ1) is 16.9. The van der Waals surface area contributed by atoms with Gasteiger partial charge in [0.25, 0.3) is 11.2 Å². The third-order valence-electron chi connectivity index (χ3n) is 4.72. The summed E-state index contributed by atoms with van der Waals surface area (Å²) in [4.78, 5) is 41.7. The van der Waals surface area contributed by atoms with E-state index < -0.39 is 4.92 Å². The summed E-state index contributed by atoms with van der Waals surface area (Å²) in [6, 6.07) is 4.49. The second kappa shape index (κ2) is 6.31. The molecule has 3 aromatic rings. The summed E-state index contributed by atoms with van der Waals surface area (Å²) in [5, 5.41) is 15.3. The summed E-state index contributed by atoms with van der Waals surface area (Å²) >= 11 is 0. The van der Waals surface area contributed by atoms with Crippen LogP contribution in [0.3, 0.4) is 0 Å². The Hall–Kier alpha value is -3.56. The lowest BCUT2D eigenvalue weighted by atomic mass is 10.0. The second-order valence-electron chi connectivity index (χ2n) is 6.40. The molecule has 4 rings (SSSR count). The summed E-state index contributed by atoms with van der Waals surface area (Å²) < 4.78 is 2.75. The molecule has 3 heterocycles. The largest absolute Gasteiger partial charge is 0.311 e. The van der Waals surface area contributed by atoms with E-state index in [1.807, 2.05) is 0 Å². The zero-order valence-corrected chi connectivity index (χ0v) is 14.5. The van der Waals surface area contributed by atoms with Gasteiger partial charge in [0.1, 0.15) is 18.3 Å². The van der Waals surface area contributed by atoms with Crippen molar-refractivity contribution in [2.45, 2.75) is 19.4 Å². The maximum Gasteiger partial charge on any atom is 0.269 e. The van der Waals surface area contributed by atoms with Crippen molar-refractivity contribution >= 4 is 28.3 Å². The monoisotopic (exact) mass is 368 g/mol.